The lowest BCUT2D eigenvalue weighted by Gasteiger charge is -2.16. The fourth-order valence-corrected chi connectivity index (χ4v) is 3.92. The lowest BCUT2D eigenvalue weighted by Crippen LogP contribution is -2.11. The Morgan fingerprint density at radius 3 is 2.83 bits per heavy atom. The molecule has 0 aliphatic carbocycles. The Kier molecular flexibility index (Phi) is 5.57. The molecule has 1 aliphatic rings. The van der Waals surface area contributed by atoms with E-state index in [0.717, 1.165) is 39.6 Å². The van der Waals surface area contributed by atoms with Crippen molar-refractivity contribution in [2.75, 3.05) is 6.61 Å². The molecule has 1 aromatic carbocycles. The van der Waals surface area contributed by atoms with Crippen molar-refractivity contribution >= 4 is 22.4 Å². The Balaban J connectivity index is 2.00. The molecule has 1 aliphatic heterocycles. The number of pyridine rings is 1. The summed E-state index contributed by atoms with van der Waals surface area (Å²) >= 11 is 0. The maximum atomic E-state index is 13.0. The van der Waals surface area contributed by atoms with Gasteiger partial charge in [-0.2, -0.15) is 5.10 Å². The van der Waals surface area contributed by atoms with Crippen LogP contribution in [0.1, 0.15) is 63.3 Å². The molecule has 0 unspecified atom stereocenters. The van der Waals surface area contributed by atoms with Crippen LogP contribution in [0.25, 0.3) is 16.5 Å². The van der Waals surface area contributed by atoms with Crippen LogP contribution in [-0.2, 0) is 16.1 Å². The predicted octanol–water partition coefficient (Wildman–Crippen LogP) is 5.07. The normalized spacial score (nSPS) is 14.7. The van der Waals surface area contributed by atoms with Crippen molar-refractivity contribution in [2.24, 2.45) is 0 Å². The van der Waals surface area contributed by atoms with Crippen molar-refractivity contribution < 1.29 is 14.3 Å². The molecule has 0 atom stereocenters. The lowest BCUT2D eigenvalue weighted by molar-refractivity contribution is -0.139. The van der Waals surface area contributed by atoms with Gasteiger partial charge in [0.1, 0.15) is 6.61 Å². The summed E-state index contributed by atoms with van der Waals surface area (Å²) in [5.41, 5.74) is 5.33. The molecule has 0 N–H and O–H groups in total. The Labute approximate surface area is 176 Å². The van der Waals surface area contributed by atoms with Gasteiger partial charge in [0.15, 0.2) is 0 Å². The van der Waals surface area contributed by atoms with Gasteiger partial charge in [-0.05, 0) is 62.1 Å². The van der Waals surface area contributed by atoms with E-state index in [1.54, 1.807) is 6.20 Å². The third-order valence-corrected chi connectivity index (χ3v) is 5.32. The number of nitrogens with zero attached hydrogens (tertiary/aromatic N) is 3. The number of ether oxygens (including phenoxy) is 2. The molecule has 0 amide bonds. The second-order valence-corrected chi connectivity index (χ2v) is 7.74. The van der Waals surface area contributed by atoms with Crippen LogP contribution in [0.15, 0.2) is 42.2 Å². The van der Waals surface area contributed by atoms with Gasteiger partial charge in [-0.25, -0.2) is 9.78 Å². The highest BCUT2D eigenvalue weighted by molar-refractivity contribution is 6.04. The van der Waals surface area contributed by atoms with Crippen LogP contribution in [0.2, 0.25) is 0 Å². The largest absolute Gasteiger partial charge is 0.472 e. The molecule has 3 aromatic rings. The van der Waals surface area contributed by atoms with Crippen molar-refractivity contribution in [3.8, 4) is 5.88 Å². The summed E-state index contributed by atoms with van der Waals surface area (Å²) in [6, 6.07) is 8.30. The highest BCUT2D eigenvalue weighted by atomic mass is 16.5. The van der Waals surface area contributed by atoms with Crippen LogP contribution in [-0.4, -0.2) is 27.3 Å². The number of hydrogen-bond acceptors (Lipinski definition) is 5. The van der Waals surface area contributed by atoms with Crippen LogP contribution in [0, 0.1) is 0 Å². The molecule has 6 heteroatoms. The number of hydrogen-bond donors (Lipinski definition) is 0. The minimum Gasteiger partial charge on any atom is -0.472 e. The number of carbonyl (C=O) groups is 1. The summed E-state index contributed by atoms with van der Waals surface area (Å²) in [6.07, 6.45) is 4.92. The lowest BCUT2D eigenvalue weighted by atomic mass is 9.89. The number of aromatic nitrogens is 3. The van der Waals surface area contributed by atoms with Crippen LogP contribution < -0.4 is 4.74 Å². The van der Waals surface area contributed by atoms with E-state index in [9.17, 15) is 4.79 Å². The van der Waals surface area contributed by atoms with Crippen molar-refractivity contribution in [1.82, 2.24) is 14.8 Å². The van der Waals surface area contributed by atoms with Gasteiger partial charge >= 0.3 is 5.97 Å². The smallest absolute Gasteiger partial charge is 0.334 e. The zero-order valence-electron chi connectivity index (χ0n) is 17.9. The highest BCUT2D eigenvalue weighted by Gasteiger charge is 2.27. The maximum absolute atomic E-state index is 13.0. The molecule has 0 spiro atoms. The molecule has 156 valence electrons. The molecule has 0 bridgehead atoms. The van der Waals surface area contributed by atoms with E-state index < -0.39 is 0 Å². The second kappa shape index (κ2) is 8.30. The van der Waals surface area contributed by atoms with E-state index in [1.165, 1.54) is 0 Å². The van der Waals surface area contributed by atoms with E-state index in [-0.39, 0.29) is 12.0 Å². The average Bonchev–Trinajstić information content (AvgIpc) is 3.10. The Bertz CT molecular complexity index is 1130. The molecule has 2 aromatic heterocycles. The molecule has 0 saturated heterocycles. The number of rotatable bonds is 5. The quantitative estimate of drug-likeness (QED) is 0.438. The number of esters is 1. The molecule has 4 rings (SSSR count). The number of fused-ring (bicyclic) bond motifs is 3. The van der Waals surface area contributed by atoms with Gasteiger partial charge in [0.05, 0.1) is 18.3 Å². The number of carbonyl (C=O) groups excluding carboxylic acids is 1. The van der Waals surface area contributed by atoms with Crippen LogP contribution in [0.5, 0.6) is 5.88 Å². The second-order valence-electron chi connectivity index (χ2n) is 7.74. The zero-order valence-corrected chi connectivity index (χ0v) is 17.9. The van der Waals surface area contributed by atoms with E-state index in [0.29, 0.717) is 31.1 Å². The van der Waals surface area contributed by atoms with E-state index in [4.69, 9.17) is 9.47 Å². The summed E-state index contributed by atoms with van der Waals surface area (Å²) in [5.74, 6) is 0.252. The molecule has 0 fully saturated rings. The van der Waals surface area contributed by atoms with Gasteiger partial charge in [0.25, 0.3) is 0 Å². The van der Waals surface area contributed by atoms with Crippen LogP contribution in [0.3, 0.4) is 0 Å². The SMILES string of the molecule is CCCOC(=O)/C(CC)=C1/c2cc3cnn(C(C)C)c3cc2COc2ncccc21. The molecule has 0 saturated carbocycles. The standard InChI is InChI=1S/C24H27N3O3/c1-5-10-29-24(28)18(6-2)22-19-8-7-9-25-23(19)30-14-17-12-21-16(11-20(17)22)13-26-27(21)15(3)4/h7-9,11-13,15H,5-6,10,14H2,1-4H3/b22-18+. The van der Waals surface area contributed by atoms with Crippen molar-refractivity contribution in [2.45, 2.75) is 53.2 Å². The maximum Gasteiger partial charge on any atom is 0.334 e. The van der Waals surface area contributed by atoms with Crippen molar-refractivity contribution in [1.29, 1.82) is 0 Å². The van der Waals surface area contributed by atoms with E-state index in [2.05, 4.69) is 36.1 Å². The van der Waals surface area contributed by atoms with Gasteiger partial charge in [-0.1, -0.05) is 13.8 Å². The van der Waals surface area contributed by atoms with Gasteiger partial charge in [-0.3, -0.25) is 4.68 Å². The molecule has 3 heterocycles. The summed E-state index contributed by atoms with van der Waals surface area (Å²) in [5, 5.41) is 5.59. The summed E-state index contributed by atoms with van der Waals surface area (Å²) in [6.45, 7) is 8.97. The Hall–Kier alpha value is -3.15. The van der Waals surface area contributed by atoms with Crippen LogP contribution >= 0.6 is 0 Å². The fraction of sp³-hybridized carbons (Fsp3) is 0.375. The molecular formula is C24H27N3O3. The highest BCUT2D eigenvalue weighted by Crippen LogP contribution is 2.40. The first-order chi connectivity index (χ1) is 14.5. The van der Waals surface area contributed by atoms with E-state index >= 15 is 0 Å². The van der Waals surface area contributed by atoms with E-state index in [1.807, 2.05) is 36.9 Å². The zero-order chi connectivity index (χ0) is 21.3. The summed E-state index contributed by atoms with van der Waals surface area (Å²) < 4.78 is 13.6. The third-order valence-electron chi connectivity index (χ3n) is 5.32. The molecule has 0 radical (unpaired) electrons. The minimum atomic E-state index is -0.282. The van der Waals surface area contributed by atoms with Gasteiger partial charge in [-0.15, -0.1) is 0 Å². The monoisotopic (exact) mass is 405 g/mol. The third kappa shape index (κ3) is 3.47. The van der Waals surface area contributed by atoms with Gasteiger partial charge in [0, 0.05) is 34.3 Å². The summed E-state index contributed by atoms with van der Waals surface area (Å²) in [4.78, 5) is 17.4. The Morgan fingerprint density at radius 1 is 1.27 bits per heavy atom. The predicted molar refractivity (Wildman–Crippen MR) is 116 cm³/mol. The minimum absolute atomic E-state index is 0.247. The molecule has 30 heavy (non-hydrogen) atoms. The first-order valence-electron chi connectivity index (χ1n) is 10.5. The molecular weight excluding hydrogens is 378 g/mol. The summed E-state index contributed by atoms with van der Waals surface area (Å²) in [7, 11) is 0. The van der Waals surface area contributed by atoms with Gasteiger partial charge < -0.3 is 9.47 Å². The van der Waals surface area contributed by atoms with Gasteiger partial charge in [0.2, 0.25) is 5.88 Å². The first-order valence-corrected chi connectivity index (χ1v) is 10.5. The average molecular weight is 405 g/mol. The fourth-order valence-electron chi connectivity index (χ4n) is 3.92. The topological polar surface area (TPSA) is 66.2 Å². The van der Waals surface area contributed by atoms with Crippen molar-refractivity contribution in [3.05, 3.63) is 58.9 Å². The first kappa shape index (κ1) is 20.1. The van der Waals surface area contributed by atoms with Crippen LogP contribution in [0.4, 0.5) is 0 Å². The number of benzene rings is 1. The molecule has 6 nitrogen and oxygen atoms in total. The van der Waals surface area contributed by atoms with Crippen molar-refractivity contribution in [3.63, 3.8) is 0 Å². The Morgan fingerprint density at radius 2 is 2.10 bits per heavy atom.